The minimum atomic E-state index is -0.161. The smallest absolute Gasteiger partial charge is 0.227 e. The number of benzene rings is 1. The summed E-state index contributed by atoms with van der Waals surface area (Å²) in [6, 6.07) is 7.68. The second-order valence-electron chi connectivity index (χ2n) is 3.45. The number of oxazole rings is 1. The number of para-hydroxylation sites is 2. The zero-order valence-corrected chi connectivity index (χ0v) is 8.18. The number of aromatic nitrogens is 1. The summed E-state index contributed by atoms with van der Waals surface area (Å²) in [6.45, 7) is 1.77. The minimum absolute atomic E-state index is 0.161. The van der Waals surface area contributed by atoms with E-state index in [4.69, 9.17) is 13.9 Å². The minimum Gasteiger partial charge on any atom is -0.438 e. The Kier molecular flexibility index (Phi) is 2.16. The topological polar surface area (TPSA) is 44.5 Å². The SMILES string of the molecule is c1ccc2oc([C@H]3COCCO3)nc2c1. The molecule has 3 rings (SSSR count). The Labute approximate surface area is 86.8 Å². The van der Waals surface area contributed by atoms with Crippen molar-refractivity contribution >= 4 is 11.1 Å². The molecule has 15 heavy (non-hydrogen) atoms. The number of nitrogens with zero attached hydrogens (tertiary/aromatic N) is 1. The zero-order valence-electron chi connectivity index (χ0n) is 8.18. The summed E-state index contributed by atoms with van der Waals surface area (Å²) in [4.78, 5) is 4.36. The van der Waals surface area contributed by atoms with Crippen molar-refractivity contribution in [2.45, 2.75) is 6.10 Å². The van der Waals surface area contributed by atoms with Crippen molar-refractivity contribution in [3.63, 3.8) is 0 Å². The number of ether oxygens (including phenoxy) is 2. The van der Waals surface area contributed by atoms with Gasteiger partial charge in [0.05, 0.1) is 19.8 Å². The van der Waals surface area contributed by atoms with E-state index < -0.39 is 0 Å². The maximum atomic E-state index is 5.59. The molecule has 0 saturated carbocycles. The summed E-state index contributed by atoms with van der Waals surface area (Å²) in [5, 5.41) is 0. The predicted octanol–water partition coefficient (Wildman–Crippen LogP) is 1.92. The molecule has 1 aliphatic heterocycles. The van der Waals surface area contributed by atoms with Crippen LogP contribution >= 0.6 is 0 Å². The molecule has 1 fully saturated rings. The highest BCUT2D eigenvalue weighted by Gasteiger charge is 2.21. The molecule has 0 N–H and O–H groups in total. The van der Waals surface area contributed by atoms with Crippen LogP contribution in [0, 0.1) is 0 Å². The third-order valence-corrected chi connectivity index (χ3v) is 2.40. The summed E-state index contributed by atoms with van der Waals surface area (Å²) in [7, 11) is 0. The van der Waals surface area contributed by atoms with E-state index in [9.17, 15) is 0 Å². The lowest BCUT2D eigenvalue weighted by Crippen LogP contribution is -2.22. The zero-order chi connectivity index (χ0) is 10.1. The van der Waals surface area contributed by atoms with Crippen LogP contribution in [0.1, 0.15) is 12.0 Å². The van der Waals surface area contributed by atoms with E-state index in [2.05, 4.69) is 4.98 Å². The van der Waals surface area contributed by atoms with Crippen molar-refractivity contribution in [1.29, 1.82) is 0 Å². The van der Waals surface area contributed by atoms with Gasteiger partial charge in [-0.25, -0.2) is 4.98 Å². The monoisotopic (exact) mass is 205 g/mol. The molecule has 0 radical (unpaired) electrons. The van der Waals surface area contributed by atoms with Gasteiger partial charge in [-0.1, -0.05) is 12.1 Å². The van der Waals surface area contributed by atoms with Crippen molar-refractivity contribution in [2.75, 3.05) is 19.8 Å². The number of hydrogen-bond acceptors (Lipinski definition) is 4. The summed E-state index contributed by atoms with van der Waals surface area (Å²) in [5.74, 6) is 0.607. The molecular weight excluding hydrogens is 194 g/mol. The normalized spacial score (nSPS) is 22.0. The van der Waals surface area contributed by atoms with Crippen LogP contribution in [0.5, 0.6) is 0 Å². The van der Waals surface area contributed by atoms with Gasteiger partial charge in [0.1, 0.15) is 5.52 Å². The second kappa shape index (κ2) is 3.64. The Hall–Kier alpha value is -1.39. The van der Waals surface area contributed by atoms with Crippen LogP contribution < -0.4 is 0 Å². The van der Waals surface area contributed by atoms with Gasteiger partial charge in [0, 0.05) is 0 Å². The largest absolute Gasteiger partial charge is 0.438 e. The standard InChI is InChI=1S/C11H11NO3/c1-2-4-9-8(3-1)12-11(15-9)10-7-13-5-6-14-10/h1-4,10H,5-7H2/t10-/m1/s1. The van der Waals surface area contributed by atoms with Crippen molar-refractivity contribution in [3.05, 3.63) is 30.2 Å². The van der Waals surface area contributed by atoms with E-state index in [1.54, 1.807) is 0 Å². The maximum Gasteiger partial charge on any atom is 0.227 e. The summed E-state index contributed by atoms with van der Waals surface area (Å²) in [6.07, 6.45) is -0.161. The molecule has 0 bridgehead atoms. The first-order valence-corrected chi connectivity index (χ1v) is 4.98. The molecule has 1 aliphatic rings. The van der Waals surface area contributed by atoms with Crippen LogP contribution in [0.3, 0.4) is 0 Å². The van der Waals surface area contributed by atoms with Crippen molar-refractivity contribution < 1.29 is 13.9 Å². The lowest BCUT2D eigenvalue weighted by atomic mass is 10.3. The first kappa shape index (κ1) is 8.88. The Morgan fingerprint density at radius 1 is 1.20 bits per heavy atom. The first-order valence-electron chi connectivity index (χ1n) is 4.98. The fourth-order valence-electron chi connectivity index (χ4n) is 1.66. The molecular formula is C11H11NO3. The van der Waals surface area contributed by atoms with Gasteiger partial charge in [-0.2, -0.15) is 0 Å². The Morgan fingerprint density at radius 3 is 2.93 bits per heavy atom. The predicted molar refractivity (Wildman–Crippen MR) is 53.5 cm³/mol. The Balaban J connectivity index is 1.96. The molecule has 78 valence electrons. The maximum absolute atomic E-state index is 5.59. The molecule has 1 atom stereocenters. The quantitative estimate of drug-likeness (QED) is 0.713. The Bertz CT molecular complexity index is 427. The molecule has 0 unspecified atom stereocenters. The fraction of sp³-hybridized carbons (Fsp3) is 0.364. The van der Waals surface area contributed by atoms with Crippen LogP contribution in [0.2, 0.25) is 0 Å². The van der Waals surface area contributed by atoms with Gasteiger partial charge in [-0.05, 0) is 12.1 Å². The summed E-state index contributed by atoms with van der Waals surface area (Å²) in [5.41, 5.74) is 1.66. The van der Waals surface area contributed by atoms with Crippen LogP contribution in [0.4, 0.5) is 0 Å². The van der Waals surface area contributed by atoms with Crippen molar-refractivity contribution in [1.82, 2.24) is 4.98 Å². The average Bonchev–Trinajstić information content (AvgIpc) is 2.74. The summed E-state index contributed by atoms with van der Waals surface area (Å²) < 4.78 is 16.4. The molecule has 0 aliphatic carbocycles. The lowest BCUT2D eigenvalue weighted by Gasteiger charge is -2.19. The van der Waals surface area contributed by atoms with Gasteiger partial charge in [-0.15, -0.1) is 0 Å². The van der Waals surface area contributed by atoms with Gasteiger partial charge < -0.3 is 13.9 Å². The number of rotatable bonds is 1. The Morgan fingerprint density at radius 2 is 2.13 bits per heavy atom. The van der Waals surface area contributed by atoms with Crippen LogP contribution in [0.25, 0.3) is 11.1 Å². The molecule has 4 heteroatoms. The third-order valence-electron chi connectivity index (χ3n) is 2.40. The molecule has 2 heterocycles. The van der Waals surface area contributed by atoms with E-state index in [-0.39, 0.29) is 6.10 Å². The highest BCUT2D eigenvalue weighted by molar-refractivity contribution is 5.72. The number of hydrogen-bond donors (Lipinski definition) is 0. The van der Waals surface area contributed by atoms with Gasteiger partial charge in [-0.3, -0.25) is 0 Å². The molecule has 4 nitrogen and oxygen atoms in total. The van der Waals surface area contributed by atoms with Crippen molar-refractivity contribution in [3.8, 4) is 0 Å². The van der Waals surface area contributed by atoms with Crippen LogP contribution in [-0.4, -0.2) is 24.8 Å². The van der Waals surface area contributed by atoms with Crippen LogP contribution in [-0.2, 0) is 9.47 Å². The highest BCUT2D eigenvalue weighted by Crippen LogP contribution is 2.24. The van der Waals surface area contributed by atoms with E-state index >= 15 is 0 Å². The average molecular weight is 205 g/mol. The molecule has 1 aromatic heterocycles. The van der Waals surface area contributed by atoms with Crippen LogP contribution in [0.15, 0.2) is 28.7 Å². The van der Waals surface area contributed by atoms with Gasteiger partial charge in [0.2, 0.25) is 5.89 Å². The molecule has 0 amide bonds. The molecule has 1 saturated heterocycles. The van der Waals surface area contributed by atoms with Gasteiger partial charge in [0.25, 0.3) is 0 Å². The van der Waals surface area contributed by atoms with Gasteiger partial charge in [0.15, 0.2) is 11.7 Å². The van der Waals surface area contributed by atoms with Gasteiger partial charge >= 0.3 is 0 Å². The van der Waals surface area contributed by atoms with E-state index in [0.29, 0.717) is 25.7 Å². The van der Waals surface area contributed by atoms with E-state index in [1.807, 2.05) is 24.3 Å². The first-order chi connectivity index (χ1) is 7.43. The van der Waals surface area contributed by atoms with Crippen molar-refractivity contribution in [2.24, 2.45) is 0 Å². The molecule has 0 spiro atoms. The summed E-state index contributed by atoms with van der Waals surface area (Å²) >= 11 is 0. The molecule has 1 aromatic carbocycles. The molecule has 2 aromatic rings. The third kappa shape index (κ3) is 1.62. The van der Waals surface area contributed by atoms with E-state index in [1.165, 1.54) is 0 Å². The number of fused-ring (bicyclic) bond motifs is 1. The fourth-order valence-corrected chi connectivity index (χ4v) is 1.66. The lowest BCUT2D eigenvalue weighted by molar-refractivity contribution is -0.0991. The highest BCUT2D eigenvalue weighted by atomic mass is 16.6. The second-order valence-corrected chi connectivity index (χ2v) is 3.45. The van der Waals surface area contributed by atoms with E-state index in [0.717, 1.165) is 11.1 Å².